The molecule has 0 saturated heterocycles. The third kappa shape index (κ3) is 3.17. The fraction of sp³-hybridized carbons (Fsp3) is 0.467. The highest BCUT2D eigenvalue weighted by atomic mass is 16.5. The van der Waals surface area contributed by atoms with E-state index in [0.717, 1.165) is 17.8 Å². The van der Waals surface area contributed by atoms with Gasteiger partial charge in [0.05, 0.1) is 23.7 Å². The molecule has 0 bridgehead atoms. The second kappa shape index (κ2) is 6.05. The molecule has 0 spiro atoms. The van der Waals surface area contributed by atoms with Crippen molar-refractivity contribution in [2.24, 2.45) is 7.05 Å². The van der Waals surface area contributed by atoms with Crippen molar-refractivity contribution in [3.05, 3.63) is 41.5 Å². The summed E-state index contributed by atoms with van der Waals surface area (Å²) in [5, 5.41) is 14.8. The summed E-state index contributed by atoms with van der Waals surface area (Å²) in [5.74, 6) is 0.662. The minimum absolute atomic E-state index is 0.0765. The first-order valence-corrected chi connectivity index (χ1v) is 6.83. The Morgan fingerprint density at radius 1 is 1.30 bits per heavy atom. The lowest BCUT2D eigenvalue weighted by Gasteiger charge is -2.14. The molecule has 0 amide bonds. The molecular weight excluding hydrogens is 254 g/mol. The molecule has 0 radical (unpaired) electrons. The van der Waals surface area contributed by atoms with Crippen LogP contribution in [0.2, 0.25) is 0 Å². The van der Waals surface area contributed by atoms with Crippen LogP contribution in [0.4, 0.5) is 0 Å². The second-order valence-corrected chi connectivity index (χ2v) is 5.06. The minimum atomic E-state index is -0.754. The third-order valence-electron chi connectivity index (χ3n) is 3.03. The van der Waals surface area contributed by atoms with Crippen LogP contribution in [-0.4, -0.2) is 26.0 Å². The number of hydrogen-bond donors (Lipinski definition) is 1. The van der Waals surface area contributed by atoms with Crippen molar-refractivity contribution in [3.8, 4) is 5.75 Å². The number of aromatic nitrogens is 3. The first-order chi connectivity index (χ1) is 9.51. The van der Waals surface area contributed by atoms with E-state index in [-0.39, 0.29) is 6.10 Å². The molecule has 2 rings (SSSR count). The normalized spacial score (nSPS) is 12.7. The van der Waals surface area contributed by atoms with Crippen LogP contribution in [0.25, 0.3) is 0 Å². The number of pyridine rings is 1. The van der Waals surface area contributed by atoms with Gasteiger partial charge in [-0.2, -0.15) is 5.10 Å². The van der Waals surface area contributed by atoms with Gasteiger partial charge in [-0.15, -0.1) is 0 Å². The molecule has 1 atom stereocenters. The molecule has 0 aliphatic carbocycles. The van der Waals surface area contributed by atoms with Crippen molar-refractivity contribution >= 4 is 0 Å². The summed E-state index contributed by atoms with van der Waals surface area (Å²) in [6.45, 7) is 5.95. The van der Waals surface area contributed by atoms with Gasteiger partial charge in [-0.25, -0.2) is 0 Å². The largest absolute Gasteiger partial charge is 0.489 e. The van der Waals surface area contributed by atoms with E-state index in [1.165, 1.54) is 0 Å². The standard InChI is InChI=1S/C15H21N3O2/c1-5-12-7-14(18(4)17-12)15(19)11-6-13(9-16-8-11)20-10(2)3/h6-10,15,19H,5H2,1-4H3. The number of ether oxygens (including phenoxy) is 1. The molecule has 20 heavy (non-hydrogen) atoms. The van der Waals surface area contributed by atoms with Crippen LogP contribution < -0.4 is 4.74 Å². The summed E-state index contributed by atoms with van der Waals surface area (Å²) in [4.78, 5) is 4.13. The molecule has 1 unspecified atom stereocenters. The van der Waals surface area contributed by atoms with Gasteiger partial charge in [0.1, 0.15) is 11.9 Å². The highest BCUT2D eigenvalue weighted by Gasteiger charge is 2.17. The molecule has 0 saturated carbocycles. The Bertz CT molecular complexity index is 578. The van der Waals surface area contributed by atoms with Gasteiger partial charge in [-0.3, -0.25) is 9.67 Å². The Kier molecular flexibility index (Phi) is 4.39. The van der Waals surface area contributed by atoms with Crippen molar-refractivity contribution in [2.75, 3.05) is 0 Å². The maximum Gasteiger partial charge on any atom is 0.138 e. The zero-order chi connectivity index (χ0) is 14.7. The zero-order valence-electron chi connectivity index (χ0n) is 12.4. The van der Waals surface area contributed by atoms with Crippen molar-refractivity contribution in [1.82, 2.24) is 14.8 Å². The molecule has 0 aliphatic heterocycles. The van der Waals surface area contributed by atoms with Crippen LogP contribution in [0.5, 0.6) is 5.75 Å². The Hall–Kier alpha value is -1.88. The number of nitrogens with zero attached hydrogens (tertiary/aromatic N) is 3. The van der Waals surface area contributed by atoms with Gasteiger partial charge in [0, 0.05) is 18.8 Å². The molecule has 2 aromatic heterocycles. The molecule has 1 N–H and O–H groups in total. The van der Waals surface area contributed by atoms with Gasteiger partial charge in [-0.1, -0.05) is 6.92 Å². The Morgan fingerprint density at radius 3 is 2.65 bits per heavy atom. The summed E-state index contributed by atoms with van der Waals surface area (Å²) in [6.07, 6.45) is 3.46. The number of aliphatic hydroxyl groups excluding tert-OH is 1. The van der Waals surface area contributed by atoms with Crippen molar-refractivity contribution in [2.45, 2.75) is 39.4 Å². The number of aryl methyl sites for hydroxylation is 2. The van der Waals surface area contributed by atoms with Gasteiger partial charge < -0.3 is 9.84 Å². The summed E-state index contributed by atoms with van der Waals surface area (Å²) >= 11 is 0. The van der Waals surface area contributed by atoms with Crippen molar-refractivity contribution in [1.29, 1.82) is 0 Å². The van der Waals surface area contributed by atoms with Crippen molar-refractivity contribution < 1.29 is 9.84 Å². The van der Waals surface area contributed by atoms with Gasteiger partial charge in [-0.05, 0) is 32.4 Å². The average Bonchev–Trinajstić information content (AvgIpc) is 2.79. The topological polar surface area (TPSA) is 60.2 Å². The molecule has 2 heterocycles. The number of rotatable bonds is 5. The monoisotopic (exact) mass is 275 g/mol. The van der Waals surface area contributed by atoms with Crippen LogP contribution in [-0.2, 0) is 13.5 Å². The molecule has 0 aromatic carbocycles. The molecular formula is C15H21N3O2. The second-order valence-electron chi connectivity index (χ2n) is 5.06. The van der Waals surface area contributed by atoms with E-state index in [9.17, 15) is 5.11 Å². The fourth-order valence-corrected chi connectivity index (χ4v) is 2.06. The molecule has 0 aliphatic rings. The summed E-state index contributed by atoms with van der Waals surface area (Å²) in [5.41, 5.74) is 2.42. The minimum Gasteiger partial charge on any atom is -0.489 e. The van der Waals surface area contributed by atoms with Gasteiger partial charge in [0.2, 0.25) is 0 Å². The van der Waals surface area contributed by atoms with E-state index in [1.54, 1.807) is 17.1 Å². The zero-order valence-corrected chi connectivity index (χ0v) is 12.4. The van der Waals surface area contributed by atoms with E-state index in [0.29, 0.717) is 11.3 Å². The smallest absolute Gasteiger partial charge is 0.138 e. The molecule has 5 heteroatoms. The quantitative estimate of drug-likeness (QED) is 0.909. The summed E-state index contributed by atoms with van der Waals surface area (Å²) in [6, 6.07) is 3.73. The van der Waals surface area contributed by atoms with Gasteiger partial charge in [0.25, 0.3) is 0 Å². The molecule has 5 nitrogen and oxygen atoms in total. The lowest BCUT2D eigenvalue weighted by atomic mass is 10.1. The first-order valence-electron chi connectivity index (χ1n) is 6.83. The third-order valence-corrected chi connectivity index (χ3v) is 3.03. The van der Waals surface area contributed by atoms with Crippen LogP contribution in [0.3, 0.4) is 0 Å². The maximum absolute atomic E-state index is 10.5. The van der Waals surface area contributed by atoms with Gasteiger partial charge in [0.15, 0.2) is 0 Å². The van der Waals surface area contributed by atoms with Gasteiger partial charge >= 0.3 is 0 Å². The Morgan fingerprint density at radius 2 is 2.05 bits per heavy atom. The number of hydrogen-bond acceptors (Lipinski definition) is 4. The summed E-state index contributed by atoms with van der Waals surface area (Å²) < 4.78 is 7.31. The van der Waals surface area contributed by atoms with E-state index in [2.05, 4.69) is 10.1 Å². The van der Waals surface area contributed by atoms with E-state index in [1.807, 2.05) is 40.0 Å². The number of aliphatic hydroxyl groups is 1. The van der Waals surface area contributed by atoms with E-state index >= 15 is 0 Å². The fourth-order valence-electron chi connectivity index (χ4n) is 2.06. The van der Waals surface area contributed by atoms with Crippen LogP contribution in [0, 0.1) is 0 Å². The maximum atomic E-state index is 10.5. The van der Waals surface area contributed by atoms with E-state index < -0.39 is 6.10 Å². The predicted molar refractivity (Wildman–Crippen MR) is 76.6 cm³/mol. The molecule has 0 fully saturated rings. The summed E-state index contributed by atoms with van der Waals surface area (Å²) in [7, 11) is 1.83. The van der Waals surface area contributed by atoms with Crippen molar-refractivity contribution in [3.63, 3.8) is 0 Å². The van der Waals surface area contributed by atoms with E-state index in [4.69, 9.17) is 4.74 Å². The molecule has 2 aromatic rings. The Balaban J connectivity index is 2.27. The highest BCUT2D eigenvalue weighted by Crippen LogP contribution is 2.25. The van der Waals surface area contributed by atoms with Crippen LogP contribution in [0.1, 0.15) is 43.8 Å². The molecule has 108 valence electrons. The Labute approximate surface area is 119 Å². The lowest BCUT2D eigenvalue weighted by molar-refractivity contribution is 0.206. The predicted octanol–water partition coefficient (Wildman–Crippen LogP) is 2.25. The first kappa shape index (κ1) is 14.5. The SMILES string of the molecule is CCc1cc(C(O)c2cncc(OC(C)C)c2)n(C)n1. The van der Waals surface area contributed by atoms with Crippen LogP contribution in [0.15, 0.2) is 24.5 Å². The average molecular weight is 275 g/mol. The van der Waals surface area contributed by atoms with Crippen LogP contribution >= 0.6 is 0 Å². The highest BCUT2D eigenvalue weighted by molar-refractivity contribution is 5.30. The lowest BCUT2D eigenvalue weighted by Crippen LogP contribution is -2.09.